The molecule has 5 heteroatoms. The molecule has 0 aliphatic rings. The van der Waals surface area contributed by atoms with E-state index >= 15 is 0 Å². The van der Waals surface area contributed by atoms with Gasteiger partial charge in [-0.3, -0.25) is 4.79 Å². The second-order valence-corrected chi connectivity index (χ2v) is 9.83. The van der Waals surface area contributed by atoms with Crippen LogP contribution in [-0.4, -0.2) is 32.2 Å². The number of carbonyl (C=O) groups is 1. The number of carbonyl (C=O) groups excluding carboxylic acids is 1. The Kier molecular flexibility index (Phi) is 17.7. The van der Waals surface area contributed by atoms with Gasteiger partial charge >= 0.3 is 0 Å². The molecule has 2 aromatic carbocycles. The number of ether oxygens (including phenoxy) is 2. The Hall–Kier alpha value is -2.69. The van der Waals surface area contributed by atoms with E-state index in [4.69, 9.17) is 9.47 Å². The summed E-state index contributed by atoms with van der Waals surface area (Å²) in [4.78, 5) is 12.1. The predicted molar refractivity (Wildman–Crippen MR) is 156 cm³/mol. The molecule has 0 spiro atoms. The number of unbranched alkanes of at least 4 members (excludes halogenated alkanes) is 13. The summed E-state index contributed by atoms with van der Waals surface area (Å²) in [5.41, 5.74) is 0.902. The zero-order valence-electron chi connectivity index (χ0n) is 23.1. The molecule has 5 nitrogen and oxygen atoms in total. The van der Waals surface area contributed by atoms with Gasteiger partial charge in [0.15, 0.2) is 0 Å². The molecular formula is C32H50N2O3. The molecule has 0 heterocycles. The molecule has 0 bridgehead atoms. The van der Waals surface area contributed by atoms with Crippen LogP contribution in [0.2, 0.25) is 0 Å². The first-order valence-electron chi connectivity index (χ1n) is 14.7. The molecule has 1 amide bonds. The normalized spacial score (nSPS) is 10.7. The maximum atomic E-state index is 12.1. The van der Waals surface area contributed by atoms with Crippen LogP contribution in [0, 0.1) is 0 Å². The van der Waals surface area contributed by atoms with E-state index in [0.717, 1.165) is 30.2 Å². The highest BCUT2D eigenvalue weighted by atomic mass is 16.5. The van der Waals surface area contributed by atoms with Crippen molar-refractivity contribution in [3.63, 3.8) is 0 Å². The van der Waals surface area contributed by atoms with Crippen LogP contribution in [0.3, 0.4) is 0 Å². The summed E-state index contributed by atoms with van der Waals surface area (Å²) in [6.07, 6.45) is 18.8. The number of hydrogen-bond donors (Lipinski definition) is 2. The quantitative estimate of drug-likeness (QED) is 0.148. The van der Waals surface area contributed by atoms with Gasteiger partial charge in [0.05, 0.1) is 6.54 Å². The molecule has 37 heavy (non-hydrogen) atoms. The standard InChI is InChI=1S/C32H50N2O3/c1-2-3-4-5-6-7-8-9-10-11-12-13-14-18-25-33-32(35)28-34-29-21-23-31(24-22-29)37-27-26-36-30-19-16-15-17-20-30/h15-17,19-24,34H,2-14,18,25-28H2,1H3,(H,33,35). The average molecular weight is 511 g/mol. The molecule has 2 rings (SSSR count). The first-order chi connectivity index (χ1) is 18.3. The van der Waals surface area contributed by atoms with Crippen LogP contribution >= 0.6 is 0 Å². The van der Waals surface area contributed by atoms with Crippen LogP contribution < -0.4 is 20.1 Å². The van der Waals surface area contributed by atoms with E-state index in [1.54, 1.807) is 0 Å². The number of para-hydroxylation sites is 1. The molecule has 0 aromatic heterocycles. The zero-order valence-corrected chi connectivity index (χ0v) is 23.1. The minimum absolute atomic E-state index is 0.0353. The lowest BCUT2D eigenvalue weighted by Gasteiger charge is -2.10. The number of anilines is 1. The molecule has 0 radical (unpaired) electrons. The maximum Gasteiger partial charge on any atom is 0.239 e. The van der Waals surface area contributed by atoms with Gasteiger partial charge in [0, 0.05) is 12.2 Å². The minimum Gasteiger partial charge on any atom is -0.490 e. The van der Waals surface area contributed by atoms with Gasteiger partial charge in [-0.15, -0.1) is 0 Å². The largest absolute Gasteiger partial charge is 0.490 e. The molecule has 2 aromatic rings. The maximum absolute atomic E-state index is 12.1. The predicted octanol–water partition coefficient (Wildman–Crippen LogP) is 8.15. The van der Waals surface area contributed by atoms with Crippen molar-refractivity contribution >= 4 is 11.6 Å². The molecule has 206 valence electrons. The van der Waals surface area contributed by atoms with Crippen LogP contribution in [0.15, 0.2) is 54.6 Å². The van der Waals surface area contributed by atoms with Crippen molar-refractivity contribution in [2.75, 3.05) is 31.6 Å². The van der Waals surface area contributed by atoms with Crippen LogP contribution in [0.5, 0.6) is 11.5 Å². The van der Waals surface area contributed by atoms with Gasteiger partial charge in [0.1, 0.15) is 24.7 Å². The van der Waals surface area contributed by atoms with E-state index in [2.05, 4.69) is 17.6 Å². The summed E-state index contributed by atoms with van der Waals surface area (Å²) in [7, 11) is 0. The molecule has 0 unspecified atom stereocenters. The van der Waals surface area contributed by atoms with E-state index < -0.39 is 0 Å². The summed E-state index contributed by atoms with van der Waals surface area (Å²) in [5, 5.41) is 6.19. The molecule has 0 atom stereocenters. The van der Waals surface area contributed by atoms with Crippen LogP contribution in [0.1, 0.15) is 96.8 Å². The topological polar surface area (TPSA) is 59.6 Å². The van der Waals surface area contributed by atoms with Gasteiger partial charge in [-0.1, -0.05) is 109 Å². The number of benzene rings is 2. The van der Waals surface area contributed by atoms with Crippen molar-refractivity contribution in [1.29, 1.82) is 0 Å². The van der Waals surface area contributed by atoms with Gasteiger partial charge in [-0.2, -0.15) is 0 Å². The summed E-state index contributed by atoms with van der Waals surface area (Å²) < 4.78 is 11.3. The fourth-order valence-electron chi connectivity index (χ4n) is 4.30. The van der Waals surface area contributed by atoms with E-state index in [9.17, 15) is 4.79 Å². The summed E-state index contributed by atoms with van der Waals surface area (Å²) >= 11 is 0. The van der Waals surface area contributed by atoms with Gasteiger partial charge in [-0.05, 0) is 42.8 Å². The lowest BCUT2D eigenvalue weighted by molar-refractivity contribution is -0.119. The SMILES string of the molecule is CCCCCCCCCCCCCCCCNC(=O)CNc1ccc(OCCOc2ccccc2)cc1. The Morgan fingerprint density at radius 1 is 0.622 bits per heavy atom. The summed E-state index contributed by atoms with van der Waals surface area (Å²) in [6, 6.07) is 17.4. The third-order valence-corrected chi connectivity index (χ3v) is 6.52. The van der Waals surface area contributed by atoms with Gasteiger partial charge in [0.25, 0.3) is 0 Å². The van der Waals surface area contributed by atoms with Gasteiger partial charge < -0.3 is 20.1 Å². The number of nitrogens with one attached hydrogen (secondary N) is 2. The van der Waals surface area contributed by atoms with Crippen molar-refractivity contribution in [3.05, 3.63) is 54.6 Å². The monoisotopic (exact) mass is 510 g/mol. The molecule has 0 aliphatic carbocycles. The minimum atomic E-state index is 0.0353. The van der Waals surface area contributed by atoms with E-state index in [1.165, 1.54) is 83.5 Å². The smallest absolute Gasteiger partial charge is 0.239 e. The second-order valence-electron chi connectivity index (χ2n) is 9.83. The van der Waals surface area contributed by atoms with Gasteiger partial charge in [-0.25, -0.2) is 0 Å². The van der Waals surface area contributed by atoms with Crippen molar-refractivity contribution in [2.45, 2.75) is 96.8 Å². The van der Waals surface area contributed by atoms with Gasteiger partial charge in [0.2, 0.25) is 5.91 Å². The third-order valence-electron chi connectivity index (χ3n) is 6.52. The zero-order chi connectivity index (χ0) is 26.2. The number of hydrogen-bond acceptors (Lipinski definition) is 4. The lowest BCUT2D eigenvalue weighted by atomic mass is 10.0. The molecule has 2 N–H and O–H groups in total. The molecule has 0 aliphatic heterocycles. The highest BCUT2D eigenvalue weighted by Crippen LogP contribution is 2.16. The number of amides is 1. The second kappa shape index (κ2) is 21.4. The Labute approximate surface area is 225 Å². The van der Waals surface area contributed by atoms with Crippen molar-refractivity contribution in [1.82, 2.24) is 5.32 Å². The van der Waals surface area contributed by atoms with Crippen molar-refractivity contribution in [3.8, 4) is 11.5 Å². The lowest BCUT2D eigenvalue weighted by Crippen LogP contribution is -2.30. The van der Waals surface area contributed by atoms with E-state index in [-0.39, 0.29) is 12.5 Å². The Bertz CT molecular complexity index is 795. The molecule has 0 saturated carbocycles. The molecule has 0 saturated heterocycles. The Morgan fingerprint density at radius 2 is 1.11 bits per heavy atom. The Balaban J connectivity index is 1.37. The van der Waals surface area contributed by atoms with Crippen molar-refractivity contribution < 1.29 is 14.3 Å². The highest BCUT2D eigenvalue weighted by Gasteiger charge is 2.02. The summed E-state index contributed by atoms with van der Waals surface area (Å²) in [5.74, 6) is 1.66. The summed E-state index contributed by atoms with van der Waals surface area (Å²) in [6.45, 7) is 4.28. The highest BCUT2D eigenvalue weighted by molar-refractivity contribution is 5.80. The Morgan fingerprint density at radius 3 is 1.65 bits per heavy atom. The third kappa shape index (κ3) is 16.6. The molecular weight excluding hydrogens is 460 g/mol. The van der Waals surface area contributed by atoms with E-state index in [1.807, 2.05) is 54.6 Å². The fraction of sp³-hybridized carbons (Fsp3) is 0.594. The molecule has 0 fully saturated rings. The average Bonchev–Trinajstić information content (AvgIpc) is 2.93. The van der Waals surface area contributed by atoms with Crippen LogP contribution in [-0.2, 0) is 4.79 Å². The first-order valence-corrected chi connectivity index (χ1v) is 14.7. The first kappa shape index (κ1) is 30.5. The van der Waals surface area contributed by atoms with E-state index in [0.29, 0.717) is 13.2 Å². The van der Waals surface area contributed by atoms with Crippen LogP contribution in [0.25, 0.3) is 0 Å². The fourth-order valence-corrected chi connectivity index (χ4v) is 4.30. The van der Waals surface area contributed by atoms with Crippen molar-refractivity contribution in [2.24, 2.45) is 0 Å². The number of rotatable bonds is 23. The van der Waals surface area contributed by atoms with Crippen LogP contribution in [0.4, 0.5) is 5.69 Å².